The van der Waals surface area contributed by atoms with Gasteiger partial charge in [0.05, 0.1) is 29.9 Å². The molecule has 0 N–H and O–H groups in total. The van der Waals surface area contributed by atoms with Crippen LogP contribution in [-0.4, -0.2) is 16.8 Å². The van der Waals surface area contributed by atoms with Gasteiger partial charge in [-0.1, -0.05) is 406 Å². The Morgan fingerprint density at radius 3 is 1.40 bits per heavy atom. The van der Waals surface area contributed by atoms with Crippen LogP contribution in [0.4, 0.5) is 0 Å². The first-order chi connectivity index (χ1) is 55.7. The molecule has 6 heterocycles. The van der Waals surface area contributed by atoms with Gasteiger partial charge in [0.15, 0.2) is 11.6 Å². The van der Waals surface area contributed by atoms with Crippen LogP contribution in [0.25, 0.3) is 45.3 Å². The molecule has 0 fully saturated rings. The predicted octanol–water partition coefficient (Wildman–Crippen LogP) is 37.6. The van der Waals surface area contributed by atoms with Gasteiger partial charge in [-0.25, -0.2) is 0 Å². The van der Waals surface area contributed by atoms with E-state index in [2.05, 4.69) is 178 Å². The second-order valence-corrected chi connectivity index (χ2v) is 42.9. The van der Waals surface area contributed by atoms with Crippen molar-refractivity contribution in [1.82, 2.24) is 0 Å². The van der Waals surface area contributed by atoms with Crippen LogP contribution in [0, 0.1) is 0 Å². The van der Waals surface area contributed by atoms with Gasteiger partial charge in [-0.15, -0.1) is 68.4 Å². The zero-order valence-electron chi connectivity index (χ0n) is 73.6. The van der Waals surface area contributed by atoms with Crippen molar-refractivity contribution < 1.29 is 9.59 Å². The number of carbonyl (C=O) groups is 2. The summed E-state index contributed by atoms with van der Waals surface area (Å²) in [6.07, 6.45) is 70.8. The maximum atomic E-state index is 16.3. The summed E-state index contributed by atoms with van der Waals surface area (Å²) >= 11 is 12.3. The Kier molecular flexibility index (Phi) is 37.3. The first kappa shape index (κ1) is 90.9. The van der Waals surface area contributed by atoms with E-state index in [1.165, 1.54) is 370 Å². The van der Waals surface area contributed by atoms with Crippen molar-refractivity contribution in [3.05, 3.63) is 153 Å². The molecule has 2 nitrogen and oxygen atoms in total. The highest BCUT2D eigenvalue weighted by molar-refractivity contribution is 8.04. The van der Waals surface area contributed by atoms with Gasteiger partial charge in [0, 0.05) is 63.3 Å². The van der Waals surface area contributed by atoms with Gasteiger partial charge in [0.2, 0.25) is 0 Å². The third kappa shape index (κ3) is 22.8. The van der Waals surface area contributed by atoms with Gasteiger partial charge in [0.1, 0.15) is 0 Å². The van der Waals surface area contributed by atoms with Crippen molar-refractivity contribution in [1.29, 1.82) is 0 Å². The van der Waals surface area contributed by atoms with E-state index >= 15 is 9.59 Å². The van der Waals surface area contributed by atoms with Gasteiger partial charge in [-0.2, -0.15) is 0 Å². The minimum atomic E-state index is -0.219. The summed E-state index contributed by atoms with van der Waals surface area (Å²) in [5, 5.41) is 0.386. The zero-order valence-corrected chi connectivity index (χ0v) is 78.5. The Labute approximate surface area is 719 Å². The van der Waals surface area contributed by atoms with Crippen LogP contribution in [0.2, 0.25) is 0 Å². The van der Waals surface area contributed by atoms with Crippen molar-refractivity contribution in [2.45, 2.75) is 437 Å². The molecule has 3 aliphatic carbocycles. The second-order valence-electron chi connectivity index (χ2n) is 36.6. The highest BCUT2D eigenvalue weighted by Crippen LogP contribution is 2.64. The number of carbonyl (C=O) groups excluding carboxylic acids is 2. The number of unbranched alkanes of at least 4 members (excludes halogenated alkanes) is 38. The second kappa shape index (κ2) is 46.8. The monoisotopic (exact) mass is 1650 g/mol. The minimum Gasteiger partial charge on any atom is -0.294 e. The van der Waals surface area contributed by atoms with E-state index in [9.17, 15) is 0 Å². The van der Waals surface area contributed by atoms with Crippen LogP contribution in [0.1, 0.15) is 489 Å². The number of thioether (sulfide) groups is 1. The summed E-state index contributed by atoms with van der Waals surface area (Å²) < 4.78 is 5.23. The van der Waals surface area contributed by atoms with E-state index in [0.29, 0.717) is 29.4 Å². The summed E-state index contributed by atoms with van der Waals surface area (Å²) in [5.41, 5.74) is 15.5. The number of hydrogen-bond donors (Lipinski definition) is 0. The van der Waals surface area contributed by atoms with Crippen molar-refractivity contribution in [3.8, 4) is 9.75 Å². The van der Waals surface area contributed by atoms with E-state index < -0.39 is 0 Å². The summed E-state index contributed by atoms with van der Waals surface area (Å²) in [4.78, 5) is 41.3. The maximum Gasteiger partial charge on any atom is 0.196 e. The molecule has 1 aliphatic heterocycles. The summed E-state index contributed by atoms with van der Waals surface area (Å²) in [6, 6.07) is 25.5. The van der Waals surface area contributed by atoms with Crippen LogP contribution >= 0.6 is 68.4 Å². The van der Waals surface area contributed by atoms with Gasteiger partial charge in [-0.05, 0) is 137 Å². The summed E-state index contributed by atoms with van der Waals surface area (Å²) in [7, 11) is 0. The van der Waals surface area contributed by atoms with Crippen molar-refractivity contribution in [2.75, 3.05) is 0 Å². The average Bonchev–Trinajstić information content (AvgIpc) is 1.54. The standard InChI is InChI=1S/C106H152O2S6/c1-12-18-24-30-34-36-38-42-48-60-70-83-85-74-88(76(7)78-62-56-50-57-63-78)110-103(85)106(11,71-61-49-43-39-37-35-31-25-19-13-2)86-75-89(109-97(83)86)98-90(79(64-52-44-28-22-16-5)65-54-46-40-32-26-20-14-3)99-102(113-98)93-94(108)84(77(8)95(93)111-99)72-81-73-87(107)92-96(81)112-100-91(104(114-101(92)100)105(9,10)82-68-58-51-59-69-82)80(66-53-45-29-23-17-6)67-55-47-41-33-27-21-15-4/h50-51,56-59,62-63,68-69,72,74-76,79-80,103H,12-49,52-55,60-61,64-67,70-71,73H2,1-11H3. The molecule has 5 aromatic heterocycles. The Bertz CT molecular complexity index is 4240. The lowest BCUT2D eigenvalue weighted by atomic mass is 9.67. The van der Waals surface area contributed by atoms with E-state index in [0.717, 1.165) is 39.1 Å². The van der Waals surface area contributed by atoms with Crippen LogP contribution < -0.4 is 0 Å². The van der Waals surface area contributed by atoms with Crippen LogP contribution in [0.5, 0.6) is 0 Å². The van der Waals surface area contributed by atoms with Gasteiger partial charge in [0.25, 0.3) is 0 Å². The molecule has 4 aliphatic rings. The van der Waals surface area contributed by atoms with E-state index in [1.54, 1.807) is 32.1 Å². The Hall–Kier alpha value is -3.89. The molecule has 2 aromatic carbocycles. The van der Waals surface area contributed by atoms with Crippen molar-refractivity contribution in [2.24, 2.45) is 0 Å². The quantitative estimate of drug-likeness (QED) is 0.0356. The third-order valence-electron chi connectivity index (χ3n) is 27.2. The normalized spacial score (nSPS) is 17.4. The largest absolute Gasteiger partial charge is 0.294 e. The Morgan fingerprint density at radius 1 is 0.465 bits per heavy atom. The molecule has 0 amide bonds. The third-order valence-corrected chi connectivity index (χ3v) is 36.0. The molecular weight excluding hydrogens is 1500 g/mol. The topological polar surface area (TPSA) is 34.1 Å². The number of hydrogen-bond acceptors (Lipinski definition) is 8. The number of thiophene rings is 5. The van der Waals surface area contributed by atoms with Crippen LogP contribution in [-0.2, 0) is 10.8 Å². The molecule has 11 rings (SSSR count). The average molecular weight is 1650 g/mol. The van der Waals surface area contributed by atoms with E-state index in [4.69, 9.17) is 0 Å². The smallest absolute Gasteiger partial charge is 0.196 e. The first-order valence-electron chi connectivity index (χ1n) is 47.8. The molecule has 5 unspecified atom stereocenters. The molecular formula is C106H152O2S6. The fourth-order valence-electron chi connectivity index (χ4n) is 20.0. The number of allylic oxidation sites excluding steroid dienone is 7. The van der Waals surface area contributed by atoms with E-state index in [-0.39, 0.29) is 22.4 Å². The fourth-order valence-corrected chi connectivity index (χ4v) is 29.5. The van der Waals surface area contributed by atoms with Crippen molar-refractivity contribution in [3.63, 3.8) is 0 Å². The van der Waals surface area contributed by atoms with E-state index in [1.807, 2.05) is 45.3 Å². The van der Waals surface area contributed by atoms with Crippen LogP contribution in [0.15, 0.2) is 94.9 Å². The van der Waals surface area contributed by atoms with Crippen molar-refractivity contribution >= 4 is 116 Å². The lowest BCUT2D eigenvalue weighted by Gasteiger charge is -2.41. The van der Waals surface area contributed by atoms with Gasteiger partial charge >= 0.3 is 0 Å². The maximum absolute atomic E-state index is 16.3. The molecule has 0 radical (unpaired) electrons. The summed E-state index contributed by atoms with van der Waals surface area (Å²) in [6.45, 7) is 26.4. The Balaban J connectivity index is 1.01. The molecule has 7 aromatic rings. The molecule has 8 heteroatoms. The van der Waals surface area contributed by atoms with Crippen LogP contribution in [0.3, 0.4) is 0 Å². The number of Topliss-reactive ketones (excluding diaryl/α,β-unsaturated/α-hetero) is 2. The molecule has 0 bridgehead atoms. The number of fused-ring (bicyclic) bond motifs is 8. The highest BCUT2D eigenvalue weighted by atomic mass is 32.2. The molecule has 0 spiro atoms. The number of ketones is 2. The lowest BCUT2D eigenvalue weighted by molar-refractivity contribution is 0.100. The first-order valence-corrected chi connectivity index (χ1v) is 52.8. The number of rotatable bonds is 58. The minimum absolute atomic E-state index is 0.0311. The van der Waals surface area contributed by atoms with Gasteiger partial charge < -0.3 is 0 Å². The zero-order chi connectivity index (χ0) is 80.2. The fraction of sp³-hybridized carbons (Fsp3) is 0.642. The number of benzene rings is 2. The predicted molar refractivity (Wildman–Crippen MR) is 514 cm³/mol. The summed E-state index contributed by atoms with van der Waals surface area (Å²) in [5.74, 6) is 1.64. The molecule has 5 atom stereocenters. The molecule has 624 valence electrons. The Morgan fingerprint density at radius 2 is 0.895 bits per heavy atom. The SMILES string of the molecule is CCCCCCCCCCCCC1=C2C=C(C(C)c3ccccc3)SC2C(C)(CCCCCCCCCCCC)c2cc(-c3sc4c5c(sc4c3C(CCCCCCC)CCCCCCCCC)C(C)=C(C=C3CC(=O)c4c3sc3c(C(CCCCCCC)CCCCCCCCC)c(C(C)(C)c6ccccc6)sc43)C5=O)sc21. The molecule has 114 heavy (non-hydrogen) atoms. The molecule has 0 saturated heterocycles. The lowest BCUT2D eigenvalue weighted by Crippen LogP contribution is -2.38. The highest BCUT2D eigenvalue weighted by Gasteiger charge is 2.49. The molecule has 0 saturated carbocycles. The van der Waals surface area contributed by atoms with Gasteiger partial charge in [-0.3, -0.25) is 9.59 Å².